The van der Waals surface area contributed by atoms with Crippen LogP contribution >= 0.6 is 0 Å². The van der Waals surface area contributed by atoms with Crippen LogP contribution in [-0.2, 0) is 0 Å². The van der Waals surface area contributed by atoms with Gasteiger partial charge in [-0.05, 0) is 33.7 Å². The largest absolute Gasteiger partial charge is 0.294 e. The summed E-state index contributed by atoms with van der Waals surface area (Å²) in [7, 11) is 0. The summed E-state index contributed by atoms with van der Waals surface area (Å²) in [6, 6.07) is 0.769. The van der Waals surface area contributed by atoms with E-state index in [0.717, 1.165) is 13.0 Å². The van der Waals surface area contributed by atoms with E-state index in [9.17, 15) is 4.39 Å². The van der Waals surface area contributed by atoms with Gasteiger partial charge in [0.25, 0.3) is 0 Å². The first-order chi connectivity index (χ1) is 5.05. The van der Waals surface area contributed by atoms with E-state index in [-0.39, 0.29) is 6.04 Å². The van der Waals surface area contributed by atoms with Crippen molar-refractivity contribution in [1.82, 2.24) is 4.90 Å². The molecule has 0 aromatic rings. The van der Waals surface area contributed by atoms with E-state index in [1.165, 1.54) is 0 Å². The van der Waals surface area contributed by atoms with Crippen LogP contribution in [-0.4, -0.2) is 29.2 Å². The first-order valence-corrected chi connectivity index (χ1v) is 4.50. The number of rotatable bonds is 1. The molecule has 0 amide bonds. The van der Waals surface area contributed by atoms with Crippen molar-refractivity contribution < 1.29 is 4.39 Å². The lowest BCUT2D eigenvalue weighted by molar-refractivity contribution is 0.162. The number of fused-ring (bicyclic) bond motifs is 1. The molecular formula is C9H16FN. The Kier molecular flexibility index (Phi) is 1.35. The minimum Gasteiger partial charge on any atom is -0.294 e. The Morgan fingerprint density at radius 2 is 2.18 bits per heavy atom. The summed E-state index contributed by atoms with van der Waals surface area (Å²) in [5.74, 6) is 0.352. The minimum atomic E-state index is -0.859. The highest BCUT2D eigenvalue weighted by Crippen LogP contribution is 2.57. The highest BCUT2D eigenvalue weighted by molar-refractivity contribution is 5.20. The molecular weight excluding hydrogens is 141 g/mol. The summed E-state index contributed by atoms with van der Waals surface area (Å²) >= 11 is 0. The zero-order chi connectivity index (χ0) is 8.22. The molecule has 1 saturated carbocycles. The normalized spacial score (nSPS) is 49.9. The van der Waals surface area contributed by atoms with E-state index in [1.807, 2.05) is 0 Å². The third-order valence-electron chi connectivity index (χ3n) is 3.29. The molecule has 1 heterocycles. The number of hydrogen-bond donors (Lipinski definition) is 0. The van der Waals surface area contributed by atoms with Gasteiger partial charge >= 0.3 is 0 Å². The van der Waals surface area contributed by atoms with E-state index in [4.69, 9.17) is 0 Å². The van der Waals surface area contributed by atoms with Gasteiger partial charge in [0.2, 0.25) is 0 Å². The molecule has 11 heavy (non-hydrogen) atoms. The summed E-state index contributed by atoms with van der Waals surface area (Å²) in [6.07, 6.45) is 1.07. The van der Waals surface area contributed by atoms with Crippen LogP contribution < -0.4 is 0 Å². The Hall–Kier alpha value is -0.110. The summed E-state index contributed by atoms with van der Waals surface area (Å²) in [4.78, 5) is 2.30. The molecule has 2 aliphatic rings. The van der Waals surface area contributed by atoms with Crippen molar-refractivity contribution in [2.24, 2.45) is 5.92 Å². The Labute approximate surface area is 67.6 Å². The molecule has 2 rings (SSSR count). The molecule has 1 aliphatic carbocycles. The molecule has 0 N–H and O–H groups in total. The standard InChI is InChI=1S/C9H16FN/c1-6(2)11-5-4-7-8(11)9(7,3)10/h6-8H,4-5H2,1-3H3. The third-order valence-corrected chi connectivity index (χ3v) is 3.29. The number of piperidine rings is 1. The van der Waals surface area contributed by atoms with Crippen LogP contribution in [0.25, 0.3) is 0 Å². The fourth-order valence-corrected chi connectivity index (χ4v) is 2.55. The second kappa shape index (κ2) is 1.98. The molecule has 2 heteroatoms. The fraction of sp³-hybridized carbons (Fsp3) is 1.00. The lowest BCUT2D eigenvalue weighted by Gasteiger charge is -2.24. The molecule has 1 nitrogen and oxygen atoms in total. The number of nitrogens with zero attached hydrogens (tertiary/aromatic N) is 1. The van der Waals surface area contributed by atoms with Gasteiger partial charge in [0, 0.05) is 18.0 Å². The van der Waals surface area contributed by atoms with Gasteiger partial charge < -0.3 is 0 Å². The SMILES string of the molecule is CC(C)N1CCC2C1C2(C)F. The lowest BCUT2D eigenvalue weighted by Crippen LogP contribution is -2.35. The quantitative estimate of drug-likeness (QED) is 0.561. The molecule has 2 fully saturated rings. The molecule has 1 aliphatic heterocycles. The van der Waals surface area contributed by atoms with Gasteiger partial charge in [-0.15, -0.1) is 0 Å². The predicted molar refractivity (Wildman–Crippen MR) is 43.3 cm³/mol. The van der Waals surface area contributed by atoms with Crippen molar-refractivity contribution in [2.45, 2.75) is 44.9 Å². The van der Waals surface area contributed by atoms with Crippen molar-refractivity contribution in [1.29, 1.82) is 0 Å². The van der Waals surface area contributed by atoms with E-state index in [0.29, 0.717) is 12.0 Å². The van der Waals surface area contributed by atoms with E-state index < -0.39 is 5.67 Å². The highest BCUT2D eigenvalue weighted by Gasteiger charge is 2.68. The predicted octanol–water partition coefficient (Wildman–Crippen LogP) is 1.83. The van der Waals surface area contributed by atoms with Gasteiger partial charge in [0.05, 0.1) is 0 Å². The van der Waals surface area contributed by atoms with Gasteiger partial charge in [0.15, 0.2) is 0 Å². The minimum absolute atomic E-state index is 0.252. The smallest absolute Gasteiger partial charge is 0.128 e. The summed E-state index contributed by atoms with van der Waals surface area (Å²) in [5.41, 5.74) is -0.859. The van der Waals surface area contributed by atoms with E-state index >= 15 is 0 Å². The van der Waals surface area contributed by atoms with Crippen molar-refractivity contribution in [2.75, 3.05) is 6.54 Å². The average molecular weight is 157 g/mol. The van der Waals surface area contributed by atoms with Crippen LogP contribution in [0.1, 0.15) is 27.2 Å². The number of hydrogen-bond acceptors (Lipinski definition) is 1. The van der Waals surface area contributed by atoms with E-state index in [1.54, 1.807) is 6.92 Å². The summed E-state index contributed by atoms with van der Waals surface area (Å²) in [6.45, 7) is 7.15. The van der Waals surface area contributed by atoms with Crippen molar-refractivity contribution in [3.05, 3.63) is 0 Å². The Morgan fingerprint density at radius 1 is 1.55 bits per heavy atom. The zero-order valence-electron chi connectivity index (χ0n) is 7.47. The number of halogens is 1. The van der Waals surface area contributed by atoms with Gasteiger partial charge in [-0.25, -0.2) is 4.39 Å². The highest BCUT2D eigenvalue weighted by atomic mass is 19.1. The van der Waals surface area contributed by atoms with Crippen molar-refractivity contribution in [3.8, 4) is 0 Å². The monoisotopic (exact) mass is 157 g/mol. The van der Waals surface area contributed by atoms with Crippen LogP contribution in [0.4, 0.5) is 4.39 Å². The van der Waals surface area contributed by atoms with Crippen LogP contribution in [0.5, 0.6) is 0 Å². The number of alkyl halides is 1. The molecule has 0 bridgehead atoms. The first-order valence-electron chi connectivity index (χ1n) is 4.50. The maximum absolute atomic E-state index is 13.5. The molecule has 1 saturated heterocycles. The van der Waals surface area contributed by atoms with Crippen LogP contribution in [0.2, 0.25) is 0 Å². The average Bonchev–Trinajstić information content (AvgIpc) is 2.34. The van der Waals surface area contributed by atoms with E-state index in [2.05, 4.69) is 18.7 Å². The maximum Gasteiger partial charge on any atom is 0.128 e. The Bertz CT molecular complexity index is 176. The van der Waals surface area contributed by atoms with Gasteiger partial charge in [-0.2, -0.15) is 0 Å². The Balaban J connectivity index is 2.08. The van der Waals surface area contributed by atoms with Gasteiger partial charge in [0.1, 0.15) is 5.67 Å². The molecule has 0 aromatic heterocycles. The van der Waals surface area contributed by atoms with Crippen LogP contribution in [0.15, 0.2) is 0 Å². The van der Waals surface area contributed by atoms with Crippen LogP contribution in [0, 0.1) is 5.92 Å². The first kappa shape index (κ1) is 7.53. The molecule has 0 radical (unpaired) electrons. The zero-order valence-corrected chi connectivity index (χ0v) is 7.47. The molecule has 0 spiro atoms. The molecule has 0 aromatic carbocycles. The van der Waals surface area contributed by atoms with Crippen molar-refractivity contribution >= 4 is 0 Å². The molecule has 3 atom stereocenters. The van der Waals surface area contributed by atoms with Crippen LogP contribution in [0.3, 0.4) is 0 Å². The fourth-order valence-electron chi connectivity index (χ4n) is 2.55. The lowest BCUT2D eigenvalue weighted by atomic mass is 10.2. The molecule has 3 unspecified atom stereocenters. The van der Waals surface area contributed by atoms with Crippen molar-refractivity contribution in [3.63, 3.8) is 0 Å². The second-order valence-corrected chi connectivity index (χ2v) is 4.32. The second-order valence-electron chi connectivity index (χ2n) is 4.32. The third kappa shape index (κ3) is 0.851. The topological polar surface area (TPSA) is 3.24 Å². The summed E-state index contributed by atoms with van der Waals surface area (Å²) < 4.78 is 13.5. The molecule has 64 valence electrons. The number of likely N-dealkylation sites (tertiary alicyclic amines) is 1. The maximum atomic E-state index is 13.5. The Morgan fingerprint density at radius 3 is 2.45 bits per heavy atom. The van der Waals surface area contributed by atoms with Gasteiger partial charge in [-0.1, -0.05) is 0 Å². The van der Waals surface area contributed by atoms with Gasteiger partial charge in [-0.3, -0.25) is 4.90 Å². The summed E-state index contributed by atoms with van der Waals surface area (Å²) in [5, 5.41) is 0.